The van der Waals surface area contributed by atoms with E-state index in [9.17, 15) is 13.2 Å². The smallest absolute Gasteiger partial charge is 0.400 e. The van der Waals surface area contributed by atoms with Gasteiger partial charge in [0.1, 0.15) is 5.92 Å². The predicted octanol–water partition coefficient (Wildman–Crippen LogP) is 2.08. The Bertz CT molecular complexity index is 262. The van der Waals surface area contributed by atoms with Crippen molar-refractivity contribution in [1.82, 2.24) is 5.32 Å². The highest BCUT2D eigenvalue weighted by Crippen LogP contribution is 2.27. The fraction of sp³-hybridized carbons (Fsp3) is 0.900. The molecule has 7 heteroatoms. The zero-order valence-corrected chi connectivity index (χ0v) is 10.3. The molecule has 4 nitrogen and oxygen atoms in total. The van der Waals surface area contributed by atoms with E-state index < -0.39 is 24.5 Å². The topological polar surface area (TPSA) is 70.6 Å². The molecule has 0 heterocycles. The van der Waals surface area contributed by atoms with Gasteiger partial charge in [0.15, 0.2) is 5.84 Å². The number of nitrogens with two attached hydrogens (primary N) is 1. The quantitative estimate of drug-likeness (QED) is 0.294. The van der Waals surface area contributed by atoms with Crippen LogP contribution < -0.4 is 11.1 Å². The highest BCUT2D eigenvalue weighted by atomic mass is 19.4. The van der Waals surface area contributed by atoms with Crippen LogP contribution in [0.4, 0.5) is 13.2 Å². The van der Waals surface area contributed by atoms with Crippen LogP contribution in [0.1, 0.15) is 33.6 Å². The van der Waals surface area contributed by atoms with Crippen molar-refractivity contribution in [1.29, 1.82) is 0 Å². The lowest BCUT2D eigenvalue weighted by molar-refractivity contribution is -0.155. The van der Waals surface area contributed by atoms with Gasteiger partial charge in [0.2, 0.25) is 0 Å². The number of amidine groups is 1. The number of alkyl halides is 3. The van der Waals surface area contributed by atoms with Gasteiger partial charge in [-0.25, -0.2) is 0 Å². The molecule has 0 bridgehead atoms. The van der Waals surface area contributed by atoms with Crippen LogP contribution in [-0.2, 0) is 0 Å². The molecule has 0 aromatic carbocycles. The summed E-state index contributed by atoms with van der Waals surface area (Å²) in [7, 11) is 0. The Morgan fingerprint density at radius 3 is 2.12 bits per heavy atom. The van der Waals surface area contributed by atoms with Gasteiger partial charge in [0.25, 0.3) is 0 Å². The summed E-state index contributed by atoms with van der Waals surface area (Å²) in [6.45, 7) is 5.23. The standard InChI is InChI=1S/C10H20F3N3O/c1-4-9(3,5-2)15-6-7(8(14)16-17)10(11,12)13/h7,15,17H,4-6H2,1-3H3,(H2,14,16). The van der Waals surface area contributed by atoms with E-state index in [0.717, 1.165) is 0 Å². The van der Waals surface area contributed by atoms with Gasteiger partial charge in [-0.1, -0.05) is 19.0 Å². The molecule has 0 aliphatic heterocycles. The minimum absolute atomic E-state index is 0.376. The van der Waals surface area contributed by atoms with Gasteiger partial charge in [0.05, 0.1) is 0 Å². The lowest BCUT2D eigenvalue weighted by Gasteiger charge is -2.31. The molecule has 0 saturated heterocycles. The zero-order chi connectivity index (χ0) is 13.7. The van der Waals surface area contributed by atoms with E-state index in [1.54, 1.807) is 0 Å². The summed E-state index contributed by atoms with van der Waals surface area (Å²) in [6, 6.07) is 0. The number of hydrogen-bond acceptors (Lipinski definition) is 3. The first kappa shape index (κ1) is 16.0. The maximum Gasteiger partial charge on any atom is 0.400 e. The largest absolute Gasteiger partial charge is 0.409 e. The van der Waals surface area contributed by atoms with Crippen molar-refractivity contribution in [2.45, 2.75) is 45.3 Å². The first-order valence-electron chi connectivity index (χ1n) is 5.49. The Hall–Kier alpha value is -0.980. The summed E-state index contributed by atoms with van der Waals surface area (Å²) in [4.78, 5) is 0. The van der Waals surface area contributed by atoms with Crippen molar-refractivity contribution in [2.24, 2.45) is 16.8 Å². The molecule has 0 aliphatic carbocycles. The molecule has 17 heavy (non-hydrogen) atoms. The zero-order valence-electron chi connectivity index (χ0n) is 10.3. The summed E-state index contributed by atoms with van der Waals surface area (Å²) in [6.07, 6.45) is -3.12. The van der Waals surface area contributed by atoms with E-state index in [0.29, 0.717) is 12.8 Å². The van der Waals surface area contributed by atoms with Gasteiger partial charge in [-0.2, -0.15) is 13.2 Å². The van der Waals surface area contributed by atoms with Crippen LogP contribution in [0.3, 0.4) is 0 Å². The fourth-order valence-corrected chi connectivity index (χ4v) is 1.31. The Labute approximate surface area is 99.1 Å². The molecule has 0 aliphatic rings. The molecule has 0 radical (unpaired) electrons. The van der Waals surface area contributed by atoms with Gasteiger partial charge in [0, 0.05) is 12.1 Å². The van der Waals surface area contributed by atoms with Crippen LogP contribution in [0, 0.1) is 5.92 Å². The van der Waals surface area contributed by atoms with Crippen LogP contribution in [0.15, 0.2) is 5.16 Å². The van der Waals surface area contributed by atoms with Gasteiger partial charge in [-0.05, 0) is 19.8 Å². The molecule has 0 rings (SSSR count). The Morgan fingerprint density at radius 2 is 1.82 bits per heavy atom. The van der Waals surface area contributed by atoms with Crippen LogP contribution >= 0.6 is 0 Å². The molecule has 4 N–H and O–H groups in total. The number of rotatable bonds is 6. The average molecular weight is 255 g/mol. The first-order chi connectivity index (χ1) is 7.70. The third-order valence-corrected chi connectivity index (χ3v) is 3.16. The summed E-state index contributed by atoms with van der Waals surface area (Å²) >= 11 is 0. The predicted molar refractivity (Wildman–Crippen MR) is 59.9 cm³/mol. The highest BCUT2D eigenvalue weighted by Gasteiger charge is 2.43. The lowest BCUT2D eigenvalue weighted by Crippen LogP contribution is -2.49. The van der Waals surface area contributed by atoms with Gasteiger partial charge >= 0.3 is 6.18 Å². The second-order valence-corrected chi connectivity index (χ2v) is 4.27. The second kappa shape index (κ2) is 6.09. The van der Waals surface area contributed by atoms with Crippen LogP contribution in [0.2, 0.25) is 0 Å². The molecule has 0 amide bonds. The van der Waals surface area contributed by atoms with Crippen molar-refractivity contribution in [3.05, 3.63) is 0 Å². The van der Waals surface area contributed by atoms with E-state index >= 15 is 0 Å². The highest BCUT2D eigenvalue weighted by molar-refractivity contribution is 5.83. The second-order valence-electron chi connectivity index (χ2n) is 4.27. The van der Waals surface area contributed by atoms with Crippen molar-refractivity contribution < 1.29 is 18.4 Å². The third kappa shape index (κ3) is 4.80. The van der Waals surface area contributed by atoms with Gasteiger partial charge in [-0.15, -0.1) is 0 Å². The molecular formula is C10H20F3N3O. The number of oxime groups is 1. The molecule has 0 saturated carbocycles. The summed E-state index contributed by atoms with van der Waals surface area (Å²) in [5.74, 6) is -2.79. The number of halogens is 3. The molecule has 1 atom stereocenters. The lowest BCUT2D eigenvalue weighted by atomic mass is 9.94. The van der Waals surface area contributed by atoms with Crippen LogP contribution in [0.25, 0.3) is 0 Å². The van der Waals surface area contributed by atoms with E-state index in [4.69, 9.17) is 10.9 Å². The van der Waals surface area contributed by atoms with Crippen LogP contribution in [-0.4, -0.2) is 29.3 Å². The minimum Gasteiger partial charge on any atom is -0.409 e. The Kier molecular flexibility index (Phi) is 5.74. The SMILES string of the molecule is CCC(C)(CC)NCC(C(N)=NO)C(F)(F)F. The first-order valence-corrected chi connectivity index (χ1v) is 5.49. The summed E-state index contributed by atoms with van der Waals surface area (Å²) in [5, 5.41) is 13.6. The molecule has 102 valence electrons. The molecule has 0 aromatic heterocycles. The van der Waals surface area contributed by atoms with Crippen LogP contribution in [0.5, 0.6) is 0 Å². The fourth-order valence-electron chi connectivity index (χ4n) is 1.31. The maximum atomic E-state index is 12.6. The van der Waals surface area contributed by atoms with Crippen molar-refractivity contribution in [2.75, 3.05) is 6.54 Å². The molecule has 0 fully saturated rings. The summed E-state index contributed by atoms with van der Waals surface area (Å²) < 4.78 is 37.9. The van der Waals surface area contributed by atoms with E-state index in [2.05, 4.69) is 10.5 Å². The minimum atomic E-state index is -4.52. The Balaban J connectivity index is 4.69. The van der Waals surface area contributed by atoms with E-state index in [-0.39, 0.29) is 5.54 Å². The molecule has 1 unspecified atom stereocenters. The van der Waals surface area contributed by atoms with Crippen molar-refractivity contribution in [3.63, 3.8) is 0 Å². The third-order valence-electron chi connectivity index (χ3n) is 3.16. The molecule has 0 spiro atoms. The van der Waals surface area contributed by atoms with Gasteiger partial charge in [-0.3, -0.25) is 0 Å². The summed E-state index contributed by atoms with van der Waals surface area (Å²) in [5.41, 5.74) is 4.68. The molecular weight excluding hydrogens is 235 g/mol. The number of nitrogens with one attached hydrogen (secondary N) is 1. The van der Waals surface area contributed by atoms with E-state index in [1.165, 1.54) is 0 Å². The van der Waals surface area contributed by atoms with Gasteiger partial charge < -0.3 is 16.3 Å². The number of hydrogen-bond donors (Lipinski definition) is 3. The normalized spacial score (nSPS) is 16.0. The monoisotopic (exact) mass is 255 g/mol. The van der Waals surface area contributed by atoms with E-state index in [1.807, 2.05) is 20.8 Å². The Morgan fingerprint density at radius 1 is 1.35 bits per heavy atom. The number of nitrogens with zero attached hydrogens (tertiary/aromatic N) is 1. The van der Waals surface area contributed by atoms with Crippen molar-refractivity contribution >= 4 is 5.84 Å². The average Bonchev–Trinajstić information content (AvgIpc) is 2.26. The van der Waals surface area contributed by atoms with Crippen molar-refractivity contribution in [3.8, 4) is 0 Å². The maximum absolute atomic E-state index is 12.6. The molecule has 0 aromatic rings.